The standard InChI is InChI=1S/C16H20N2.C6H5NO2.C2H2N2O/c1-18(2)13-11-15(14-8-4-3-5-9-14)16-10-6-7-12-17-16;8-6(9)5-1-3-7-4-2-5;3-1-2-4-5/h3-10,12,15H,11,13H2,1-2H3;1-4H,(H,8,9);2-3H. The molecule has 0 fully saturated rings. The molecule has 1 atom stereocenters. The van der Waals surface area contributed by atoms with Crippen molar-refractivity contribution in [3.05, 3.63) is 107 Å². The average Bonchev–Trinajstić information content (AvgIpc) is 2.82. The summed E-state index contributed by atoms with van der Waals surface area (Å²) in [4.78, 5) is 29.5. The van der Waals surface area contributed by atoms with E-state index in [0.29, 0.717) is 5.92 Å². The van der Waals surface area contributed by atoms with Gasteiger partial charge < -0.3 is 10.0 Å². The van der Waals surface area contributed by atoms with Crippen LogP contribution >= 0.6 is 0 Å². The van der Waals surface area contributed by atoms with Crippen molar-refractivity contribution in [1.82, 2.24) is 14.9 Å². The zero-order valence-electron chi connectivity index (χ0n) is 18.1. The first kappa shape index (κ1) is 26.0. The number of aromatic nitrogens is 2. The van der Waals surface area contributed by atoms with Gasteiger partial charge in [-0.2, -0.15) is 0 Å². The summed E-state index contributed by atoms with van der Waals surface area (Å²) < 4.78 is 0. The van der Waals surface area contributed by atoms with Crippen molar-refractivity contribution in [2.45, 2.75) is 12.3 Å². The smallest absolute Gasteiger partial charge is 0.335 e. The first-order valence-corrected chi connectivity index (χ1v) is 9.80. The van der Waals surface area contributed by atoms with Gasteiger partial charge in [-0.1, -0.05) is 36.4 Å². The fourth-order valence-electron chi connectivity index (χ4n) is 2.66. The van der Waals surface area contributed by atoms with E-state index in [1.165, 1.54) is 30.1 Å². The Kier molecular flexibility index (Phi) is 12.8. The van der Waals surface area contributed by atoms with Crippen molar-refractivity contribution in [3.8, 4) is 0 Å². The number of carboxylic acid groups (broad SMARTS) is 1. The molecule has 3 aromatic rings. The van der Waals surface area contributed by atoms with Crippen LogP contribution in [-0.4, -0.2) is 52.5 Å². The molecular weight excluding hydrogens is 406 g/mol. The lowest BCUT2D eigenvalue weighted by Crippen LogP contribution is -2.17. The molecule has 0 bridgehead atoms. The summed E-state index contributed by atoms with van der Waals surface area (Å²) in [5.41, 5.74) is 2.77. The second-order valence-corrected chi connectivity index (χ2v) is 6.73. The van der Waals surface area contributed by atoms with E-state index in [2.05, 4.69) is 76.6 Å². The van der Waals surface area contributed by atoms with E-state index >= 15 is 0 Å². The van der Waals surface area contributed by atoms with Gasteiger partial charge in [0, 0.05) is 36.1 Å². The molecule has 0 saturated heterocycles. The minimum Gasteiger partial charge on any atom is -0.478 e. The van der Waals surface area contributed by atoms with Gasteiger partial charge in [0.2, 0.25) is 0 Å². The quantitative estimate of drug-likeness (QED) is 0.419. The minimum atomic E-state index is -0.919. The van der Waals surface area contributed by atoms with E-state index in [0.717, 1.165) is 24.9 Å². The number of carbonyl (C=O) groups is 1. The lowest BCUT2D eigenvalue weighted by atomic mass is 9.92. The molecule has 2 heterocycles. The molecule has 8 heteroatoms. The van der Waals surface area contributed by atoms with Crippen LogP contribution in [0.1, 0.15) is 34.0 Å². The summed E-state index contributed by atoms with van der Waals surface area (Å²) in [6, 6.07) is 19.7. The van der Waals surface area contributed by atoms with E-state index in [-0.39, 0.29) is 5.56 Å². The molecular formula is C24H27N5O3. The van der Waals surface area contributed by atoms with Gasteiger partial charge in [0.05, 0.1) is 5.56 Å². The monoisotopic (exact) mass is 433 g/mol. The topological polar surface area (TPSA) is 120 Å². The van der Waals surface area contributed by atoms with Gasteiger partial charge in [-0.3, -0.25) is 15.4 Å². The van der Waals surface area contributed by atoms with E-state index in [4.69, 9.17) is 15.4 Å². The lowest BCUT2D eigenvalue weighted by molar-refractivity contribution is 0.0696. The molecule has 0 aliphatic heterocycles. The molecule has 32 heavy (non-hydrogen) atoms. The fourth-order valence-corrected chi connectivity index (χ4v) is 2.66. The van der Waals surface area contributed by atoms with Gasteiger partial charge in [0.25, 0.3) is 0 Å². The van der Waals surface area contributed by atoms with Crippen LogP contribution in [-0.2, 0) is 0 Å². The third-order valence-corrected chi connectivity index (χ3v) is 4.16. The number of nitrogens with one attached hydrogen (secondary N) is 1. The zero-order valence-corrected chi connectivity index (χ0v) is 18.1. The second kappa shape index (κ2) is 15.8. The predicted molar refractivity (Wildman–Crippen MR) is 125 cm³/mol. The van der Waals surface area contributed by atoms with Crippen LogP contribution in [0.3, 0.4) is 0 Å². The van der Waals surface area contributed by atoms with E-state index in [1.807, 2.05) is 12.3 Å². The highest BCUT2D eigenvalue weighted by Crippen LogP contribution is 2.26. The Bertz CT molecular complexity index is 921. The summed E-state index contributed by atoms with van der Waals surface area (Å²) in [7, 11) is 4.22. The Morgan fingerprint density at radius 2 is 1.75 bits per heavy atom. The summed E-state index contributed by atoms with van der Waals surface area (Å²) in [6.45, 7) is 1.07. The summed E-state index contributed by atoms with van der Waals surface area (Å²) in [5, 5.41) is 16.5. The maximum atomic E-state index is 10.2. The van der Waals surface area contributed by atoms with Crippen LogP contribution in [0.5, 0.6) is 0 Å². The van der Waals surface area contributed by atoms with Crippen molar-refractivity contribution in [1.29, 1.82) is 5.41 Å². The van der Waals surface area contributed by atoms with E-state index < -0.39 is 5.97 Å². The Hall–Kier alpha value is -4.00. The highest BCUT2D eigenvalue weighted by Gasteiger charge is 2.14. The molecule has 0 saturated carbocycles. The Balaban J connectivity index is 0.000000303. The molecule has 166 valence electrons. The maximum absolute atomic E-state index is 10.2. The number of nitroso groups, excluding NO2 is 1. The van der Waals surface area contributed by atoms with Crippen LogP contribution in [0.15, 0.2) is 90.6 Å². The highest BCUT2D eigenvalue weighted by atomic mass is 16.4. The third kappa shape index (κ3) is 10.7. The molecule has 1 unspecified atom stereocenters. The number of nitrogens with zero attached hydrogens (tertiary/aromatic N) is 4. The van der Waals surface area contributed by atoms with Gasteiger partial charge in [-0.05, 0) is 62.1 Å². The summed E-state index contributed by atoms with van der Waals surface area (Å²) in [5.74, 6) is 1.13. The van der Waals surface area contributed by atoms with Gasteiger partial charge in [-0.15, -0.1) is 4.91 Å². The highest BCUT2D eigenvalue weighted by molar-refractivity contribution is 5.87. The number of pyridine rings is 2. The number of hydrogen-bond acceptors (Lipinski definition) is 7. The molecule has 1 aromatic carbocycles. The largest absolute Gasteiger partial charge is 0.478 e. The van der Waals surface area contributed by atoms with Gasteiger partial charge in [0.15, 0.2) is 0 Å². The first-order valence-electron chi connectivity index (χ1n) is 9.80. The van der Waals surface area contributed by atoms with Crippen LogP contribution in [0.25, 0.3) is 0 Å². The van der Waals surface area contributed by atoms with Gasteiger partial charge in [-0.25, -0.2) is 4.79 Å². The normalized spacial score (nSPS) is 10.3. The average molecular weight is 434 g/mol. The SMILES string of the molecule is CN(C)CCC(c1ccccc1)c1ccccn1.N=C=CN=O.O=C(O)c1ccncc1. The summed E-state index contributed by atoms with van der Waals surface area (Å²) >= 11 is 0. The molecule has 0 amide bonds. The Morgan fingerprint density at radius 3 is 2.19 bits per heavy atom. The second-order valence-electron chi connectivity index (χ2n) is 6.73. The molecule has 0 spiro atoms. The number of hydrogen-bond donors (Lipinski definition) is 2. The number of aromatic carboxylic acids is 1. The Labute approximate surface area is 187 Å². The molecule has 0 aliphatic carbocycles. The first-order chi connectivity index (χ1) is 15.5. The van der Waals surface area contributed by atoms with Crippen molar-refractivity contribution in [2.75, 3.05) is 20.6 Å². The maximum Gasteiger partial charge on any atom is 0.335 e. The van der Waals surface area contributed by atoms with Crippen molar-refractivity contribution < 1.29 is 9.90 Å². The minimum absolute atomic E-state index is 0.269. The number of rotatable bonds is 7. The van der Waals surface area contributed by atoms with Gasteiger partial charge >= 0.3 is 5.97 Å². The zero-order chi connectivity index (χ0) is 23.6. The molecule has 0 aliphatic rings. The summed E-state index contributed by atoms with van der Waals surface area (Å²) in [6.07, 6.45) is 6.60. The van der Waals surface area contributed by atoms with Crippen molar-refractivity contribution in [3.63, 3.8) is 0 Å². The fraction of sp³-hybridized carbons (Fsp3) is 0.208. The predicted octanol–water partition coefficient (Wildman–Crippen LogP) is 4.46. The van der Waals surface area contributed by atoms with Crippen LogP contribution in [0, 0.1) is 10.3 Å². The third-order valence-electron chi connectivity index (χ3n) is 4.16. The molecule has 8 nitrogen and oxygen atoms in total. The molecule has 0 radical (unpaired) electrons. The number of carboxylic acids is 1. The Morgan fingerprint density at radius 1 is 1.09 bits per heavy atom. The van der Waals surface area contributed by atoms with Gasteiger partial charge in [0.1, 0.15) is 6.20 Å². The van der Waals surface area contributed by atoms with Crippen LogP contribution < -0.4 is 0 Å². The molecule has 2 N–H and O–H groups in total. The van der Waals surface area contributed by atoms with Crippen LogP contribution in [0.2, 0.25) is 0 Å². The molecule has 2 aromatic heterocycles. The van der Waals surface area contributed by atoms with E-state index in [9.17, 15) is 4.79 Å². The van der Waals surface area contributed by atoms with Crippen molar-refractivity contribution in [2.24, 2.45) is 5.18 Å². The van der Waals surface area contributed by atoms with Crippen molar-refractivity contribution >= 4 is 11.8 Å². The van der Waals surface area contributed by atoms with Crippen LogP contribution in [0.4, 0.5) is 0 Å². The molecule has 3 rings (SSSR count). The lowest BCUT2D eigenvalue weighted by Gasteiger charge is -2.19. The van der Waals surface area contributed by atoms with E-state index in [1.54, 1.807) is 5.87 Å². The number of benzene rings is 1.